The number of hydrogen-bond acceptors (Lipinski definition) is 6. The molecule has 4 rings (SSSR count). The lowest BCUT2D eigenvalue weighted by atomic mass is 10.1. The van der Waals surface area contributed by atoms with Crippen molar-refractivity contribution < 1.29 is 27.4 Å². The van der Waals surface area contributed by atoms with Crippen molar-refractivity contribution in [2.24, 2.45) is 0 Å². The fraction of sp³-hybridized carbons (Fsp3) is 0.269. The Morgan fingerprint density at radius 3 is 2.37 bits per heavy atom. The summed E-state index contributed by atoms with van der Waals surface area (Å²) in [7, 11) is 1.00. The summed E-state index contributed by atoms with van der Waals surface area (Å²) >= 11 is 0. The first-order valence-electron chi connectivity index (χ1n) is 11.1. The molecule has 0 radical (unpaired) electrons. The van der Waals surface area contributed by atoms with Gasteiger partial charge < -0.3 is 19.1 Å². The molecule has 0 aromatic heterocycles. The van der Waals surface area contributed by atoms with Crippen LogP contribution in [-0.4, -0.2) is 53.1 Å². The number of nitrogens with zero attached hydrogens (tertiary/aromatic N) is 2. The van der Waals surface area contributed by atoms with Crippen molar-refractivity contribution >= 4 is 21.6 Å². The Morgan fingerprint density at radius 1 is 0.971 bits per heavy atom. The number of para-hydroxylation sites is 2. The molecule has 9 heteroatoms. The molecule has 1 aliphatic heterocycles. The fourth-order valence-electron chi connectivity index (χ4n) is 4.03. The topological polar surface area (TPSA) is 85.4 Å². The number of anilines is 1. The molecule has 1 atom stereocenters. The summed E-state index contributed by atoms with van der Waals surface area (Å²) in [5, 5.41) is 0. The first-order chi connectivity index (χ1) is 16.8. The van der Waals surface area contributed by atoms with E-state index >= 15 is 0 Å². The second kappa shape index (κ2) is 10.3. The number of ether oxygens (including phenoxy) is 3. The second-order valence-corrected chi connectivity index (χ2v) is 10.1. The summed E-state index contributed by atoms with van der Waals surface area (Å²) in [6.07, 6.45) is -0.986. The van der Waals surface area contributed by atoms with E-state index in [4.69, 9.17) is 14.2 Å². The van der Waals surface area contributed by atoms with E-state index in [1.807, 2.05) is 12.1 Å². The highest BCUT2D eigenvalue weighted by atomic mass is 32.2. The summed E-state index contributed by atoms with van der Waals surface area (Å²) in [6, 6.07) is 21.3. The van der Waals surface area contributed by atoms with E-state index in [0.717, 1.165) is 5.56 Å². The van der Waals surface area contributed by atoms with Crippen molar-refractivity contribution in [2.45, 2.75) is 18.4 Å². The molecule has 184 valence electrons. The normalized spacial score (nSPS) is 15.1. The molecule has 0 spiro atoms. The molecule has 1 unspecified atom stereocenters. The van der Waals surface area contributed by atoms with Crippen LogP contribution in [0.15, 0.2) is 72.8 Å². The molecule has 0 fully saturated rings. The Kier molecular flexibility index (Phi) is 7.16. The van der Waals surface area contributed by atoms with E-state index in [2.05, 4.69) is 0 Å². The zero-order valence-corrected chi connectivity index (χ0v) is 20.7. The maximum Gasteiger partial charge on any atom is 0.265 e. The highest BCUT2D eigenvalue weighted by molar-refractivity contribution is 7.92. The summed E-state index contributed by atoms with van der Waals surface area (Å²) in [4.78, 5) is 14.9. The number of benzene rings is 3. The lowest BCUT2D eigenvalue weighted by Gasteiger charge is -2.36. The van der Waals surface area contributed by atoms with Gasteiger partial charge in [0.25, 0.3) is 5.91 Å². The monoisotopic (exact) mass is 496 g/mol. The highest BCUT2D eigenvalue weighted by Crippen LogP contribution is 2.36. The van der Waals surface area contributed by atoms with E-state index < -0.39 is 16.1 Å². The number of carbonyl (C=O) groups excluding carboxylic acids is 1. The summed E-state index contributed by atoms with van der Waals surface area (Å²) in [6.45, 7) is 0.179. The Bertz CT molecular complexity index is 1300. The molecule has 0 saturated carbocycles. The van der Waals surface area contributed by atoms with E-state index in [9.17, 15) is 13.2 Å². The third-order valence-electron chi connectivity index (χ3n) is 5.78. The van der Waals surface area contributed by atoms with Crippen molar-refractivity contribution in [3.63, 3.8) is 0 Å². The first kappa shape index (κ1) is 24.4. The van der Waals surface area contributed by atoms with Gasteiger partial charge in [-0.05, 0) is 35.4 Å². The van der Waals surface area contributed by atoms with E-state index in [1.54, 1.807) is 81.9 Å². The van der Waals surface area contributed by atoms with Crippen molar-refractivity contribution in [1.29, 1.82) is 0 Å². The first-order valence-corrected chi connectivity index (χ1v) is 12.7. The van der Waals surface area contributed by atoms with Gasteiger partial charge in [-0.25, -0.2) is 8.42 Å². The molecular formula is C26H28N2O6S. The van der Waals surface area contributed by atoms with Gasteiger partial charge >= 0.3 is 0 Å². The number of likely N-dealkylation sites (N-methyl/N-ethyl adjacent to an activating group) is 1. The number of hydrogen-bond donors (Lipinski definition) is 0. The number of rotatable bonds is 8. The molecule has 3 aromatic rings. The van der Waals surface area contributed by atoms with Crippen LogP contribution in [0.3, 0.4) is 0 Å². The van der Waals surface area contributed by atoms with Crippen LogP contribution in [0, 0.1) is 0 Å². The predicted molar refractivity (Wildman–Crippen MR) is 133 cm³/mol. The minimum Gasteiger partial charge on any atom is -0.493 e. The Labute approximate surface area is 205 Å². The lowest BCUT2D eigenvalue weighted by Crippen LogP contribution is -2.51. The van der Waals surface area contributed by atoms with Crippen LogP contribution in [0.1, 0.15) is 11.1 Å². The molecule has 0 N–H and O–H groups in total. The Balaban J connectivity index is 1.56. The smallest absolute Gasteiger partial charge is 0.265 e. The largest absolute Gasteiger partial charge is 0.493 e. The van der Waals surface area contributed by atoms with Crippen LogP contribution in [0.5, 0.6) is 17.2 Å². The van der Waals surface area contributed by atoms with Crippen LogP contribution < -0.4 is 18.5 Å². The quantitative estimate of drug-likeness (QED) is 0.475. The molecule has 0 saturated heterocycles. The van der Waals surface area contributed by atoms with Crippen LogP contribution in [0.25, 0.3) is 0 Å². The maximum atomic E-state index is 13.4. The van der Waals surface area contributed by atoms with E-state index in [-0.39, 0.29) is 24.7 Å². The van der Waals surface area contributed by atoms with Crippen molar-refractivity contribution in [3.05, 3.63) is 83.9 Å². The zero-order chi connectivity index (χ0) is 25.0. The lowest BCUT2D eigenvalue weighted by molar-refractivity contribution is -0.137. The van der Waals surface area contributed by atoms with Crippen molar-refractivity contribution in [2.75, 3.05) is 32.1 Å². The van der Waals surface area contributed by atoms with Gasteiger partial charge in [-0.1, -0.05) is 48.5 Å². The van der Waals surface area contributed by atoms with Crippen LogP contribution in [0.4, 0.5) is 5.69 Å². The molecule has 3 aromatic carbocycles. The molecule has 0 bridgehead atoms. The van der Waals surface area contributed by atoms with Gasteiger partial charge in [-0.2, -0.15) is 0 Å². The fourth-order valence-corrected chi connectivity index (χ4v) is 5.62. The zero-order valence-electron chi connectivity index (χ0n) is 19.9. The molecular weight excluding hydrogens is 468 g/mol. The molecule has 1 aliphatic rings. The average molecular weight is 497 g/mol. The second-order valence-electron chi connectivity index (χ2n) is 8.23. The van der Waals surface area contributed by atoms with Crippen molar-refractivity contribution in [1.82, 2.24) is 4.90 Å². The summed E-state index contributed by atoms with van der Waals surface area (Å²) < 4.78 is 44.7. The van der Waals surface area contributed by atoms with Gasteiger partial charge in [0, 0.05) is 13.6 Å². The van der Waals surface area contributed by atoms with E-state index in [0.29, 0.717) is 28.5 Å². The minimum absolute atomic E-state index is 0.110. The predicted octanol–water partition coefficient (Wildman–Crippen LogP) is 3.46. The minimum atomic E-state index is -3.77. The van der Waals surface area contributed by atoms with Gasteiger partial charge in [0.2, 0.25) is 10.0 Å². The van der Waals surface area contributed by atoms with Gasteiger partial charge in [0.05, 0.1) is 32.2 Å². The highest BCUT2D eigenvalue weighted by Gasteiger charge is 2.37. The molecule has 0 aliphatic carbocycles. The summed E-state index contributed by atoms with van der Waals surface area (Å²) in [5.74, 6) is 1.01. The molecule has 35 heavy (non-hydrogen) atoms. The van der Waals surface area contributed by atoms with Crippen LogP contribution >= 0.6 is 0 Å². The number of fused-ring (bicyclic) bond motifs is 1. The van der Waals surface area contributed by atoms with Gasteiger partial charge in [-0.3, -0.25) is 9.10 Å². The Morgan fingerprint density at radius 2 is 1.66 bits per heavy atom. The van der Waals surface area contributed by atoms with Crippen LogP contribution in [0.2, 0.25) is 0 Å². The number of carbonyl (C=O) groups is 1. The Hall–Kier alpha value is -3.72. The molecule has 1 heterocycles. The number of sulfonamides is 1. The van der Waals surface area contributed by atoms with Gasteiger partial charge in [0.15, 0.2) is 17.6 Å². The standard InChI is InChI=1S/C26H28N2O6S/c1-27(16-20-13-14-23(32-2)24(15-20)33-3)26(29)25-17-28(21-11-7-8-12-22(21)34-25)35(30,31)18-19-9-5-4-6-10-19/h4-15,25H,16-18H2,1-3H3. The third kappa shape index (κ3) is 5.35. The van der Waals surface area contributed by atoms with E-state index in [1.165, 1.54) is 9.21 Å². The van der Waals surface area contributed by atoms with Crippen molar-refractivity contribution in [3.8, 4) is 17.2 Å². The number of amides is 1. The summed E-state index contributed by atoms with van der Waals surface area (Å²) in [5.41, 5.74) is 1.93. The van der Waals surface area contributed by atoms with Gasteiger partial charge in [0.1, 0.15) is 5.75 Å². The van der Waals surface area contributed by atoms with Gasteiger partial charge in [-0.15, -0.1) is 0 Å². The third-order valence-corrected chi connectivity index (χ3v) is 7.50. The van der Waals surface area contributed by atoms with Crippen LogP contribution in [-0.2, 0) is 27.1 Å². The molecule has 8 nitrogen and oxygen atoms in total. The molecule has 1 amide bonds. The maximum absolute atomic E-state index is 13.4. The average Bonchev–Trinajstić information content (AvgIpc) is 2.87. The number of methoxy groups -OCH3 is 2. The SMILES string of the molecule is COc1ccc(CN(C)C(=O)C2CN(S(=O)(=O)Cc3ccccc3)c3ccccc3O2)cc1OC.